The molecule has 0 radical (unpaired) electrons. The van der Waals surface area contributed by atoms with Crippen molar-refractivity contribution in [2.45, 2.75) is 6.04 Å². The maximum atomic E-state index is 12.8. The van der Waals surface area contributed by atoms with Crippen LogP contribution in [-0.2, 0) is 7.05 Å². The highest BCUT2D eigenvalue weighted by molar-refractivity contribution is 6.06. The predicted molar refractivity (Wildman–Crippen MR) is 98.3 cm³/mol. The lowest BCUT2D eigenvalue weighted by Crippen LogP contribution is -2.28. The molecule has 26 heavy (non-hydrogen) atoms. The summed E-state index contributed by atoms with van der Waals surface area (Å²) in [5, 5.41) is 13.2. The fraction of sp³-hybridized carbons (Fsp3) is 0.200. The van der Waals surface area contributed by atoms with Gasteiger partial charge < -0.3 is 19.4 Å². The van der Waals surface area contributed by atoms with Gasteiger partial charge in [-0.05, 0) is 24.3 Å². The number of ether oxygens (including phenoxy) is 2. The van der Waals surface area contributed by atoms with Crippen molar-refractivity contribution in [1.29, 1.82) is 5.26 Å². The van der Waals surface area contributed by atoms with E-state index < -0.39 is 6.04 Å². The van der Waals surface area contributed by atoms with E-state index in [0.29, 0.717) is 22.6 Å². The van der Waals surface area contributed by atoms with Crippen molar-refractivity contribution in [2.75, 3.05) is 14.2 Å². The zero-order chi connectivity index (χ0) is 18.7. The number of nitrogens with zero attached hydrogens (tertiary/aromatic N) is 2. The van der Waals surface area contributed by atoms with Gasteiger partial charge in [-0.25, -0.2) is 0 Å². The van der Waals surface area contributed by atoms with Crippen LogP contribution in [0.2, 0.25) is 0 Å². The van der Waals surface area contributed by atoms with Gasteiger partial charge in [-0.1, -0.05) is 18.2 Å². The van der Waals surface area contributed by atoms with Gasteiger partial charge in [0.2, 0.25) is 0 Å². The molecule has 6 heteroatoms. The number of hydrogen-bond donors (Lipinski definition) is 1. The number of nitrogens with one attached hydrogen (secondary N) is 1. The SMILES string of the molecule is COc1cccc(C(C#N)NC(=O)c2cccc3c2ccn3C)c1OC. The Morgan fingerprint density at radius 3 is 2.62 bits per heavy atom. The second-order valence-electron chi connectivity index (χ2n) is 5.78. The second-order valence-corrected chi connectivity index (χ2v) is 5.78. The minimum atomic E-state index is -0.869. The first-order valence-corrected chi connectivity index (χ1v) is 8.06. The molecule has 1 atom stereocenters. The zero-order valence-corrected chi connectivity index (χ0v) is 14.8. The summed E-state index contributed by atoms with van der Waals surface area (Å²) in [6.07, 6.45) is 1.90. The third-order valence-corrected chi connectivity index (χ3v) is 4.32. The lowest BCUT2D eigenvalue weighted by atomic mass is 10.0. The fourth-order valence-corrected chi connectivity index (χ4v) is 3.03. The molecule has 1 aromatic heterocycles. The molecule has 6 nitrogen and oxygen atoms in total. The smallest absolute Gasteiger partial charge is 0.253 e. The van der Waals surface area contributed by atoms with E-state index in [0.717, 1.165) is 10.9 Å². The summed E-state index contributed by atoms with van der Waals surface area (Å²) in [7, 11) is 4.95. The summed E-state index contributed by atoms with van der Waals surface area (Å²) in [5.41, 5.74) is 2.01. The van der Waals surface area contributed by atoms with Gasteiger partial charge in [-0.15, -0.1) is 0 Å². The summed E-state index contributed by atoms with van der Waals surface area (Å²) in [6, 6.07) is 13.9. The first kappa shape index (κ1) is 17.4. The van der Waals surface area contributed by atoms with E-state index in [9.17, 15) is 10.1 Å². The summed E-state index contributed by atoms with van der Waals surface area (Å²) < 4.78 is 12.6. The van der Waals surface area contributed by atoms with Crippen LogP contribution in [0, 0.1) is 11.3 Å². The number of fused-ring (bicyclic) bond motifs is 1. The molecule has 3 aromatic rings. The van der Waals surface area contributed by atoms with Gasteiger partial charge in [-0.2, -0.15) is 5.26 Å². The topological polar surface area (TPSA) is 76.3 Å². The standard InChI is InChI=1S/C20H19N3O3/c1-23-11-10-13-14(6-4-8-17(13)23)20(24)22-16(12-21)15-7-5-9-18(25-2)19(15)26-3/h4-11,16H,1-3H3,(H,22,24). The molecular formula is C20H19N3O3. The van der Waals surface area contributed by atoms with Crippen LogP contribution in [0.1, 0.15) is 22.0 Å². The van der Waals surface area contributed by atoms with E-state index in [2.05, 4.69) is 11.4 Å². The summed E-state index contributed by atoms with van der Waals surface area (Å²) in [5.74, 6) is 0.614. The zero-order valence-electron chi connectivity index (χ0n) is 14.8. The van der Waals surface area contributed by atoms with Crippen LogP contribution in [0.5, 0.6) is 11.5 Å². The van der Waals surface area contributed by atoms with E-state index in [4.69, 9.17) is 9.47 Å². The Hall–Kier alpha value is -3.46. The van der Waals surface area contributed by atoms with Crippen molar-refractivity contribution in [1.82, 2.24) is 9.88 Å². The number of nitriles is 1. The van der Waals surface area contributed by atoms with Gasteiger partial charge in [0.15, 0.2) is 11.5 Å². The molecular weight excluding hydrogens is 330 g/mol. The highest BCUT2D eigenvalue weighted by Gasteiger charge is 2.22. The lowest BCUT2D eigenvalue weighted by Gasteiger charge is -2.17. The predicted octanol–water partition coefficient (Wildman–Crippen LogP) is 3.19. The Bertz CT molecular complexity index is 1000. The largest absolute Gasteiger partial charge is 0.493 e. The van der Waals surface area contributed by atoms with Crippen molar-refractivity contribution in [2.24, 2.45) is 7.05 Å². The molecule has 0 aliphatic heterocycles. The molecule has 132 valence electrons. The van der Waals surface area contributed by atoms with E-state index >= 15 is 0 Å². The summed E-state index contributed by atoms with van der Waals surface area (Å²) in [4.78, 5) is 12.8. The Balaban J connectivity index is 1.96. The molecule has 0 saturated heterocycles. The van der Waals surface area contributed by atoms with Crippen molar-refractivity contribution >= 4 is 16.8 Å². The molecule has 0 saturated carbocycles. The molecule has 1 amide bonds. The van der Waals surface area contributed by atoms with Crippen LogP contribution >= 0.6 is 0 Å². The van der Waals surface area contributed by atoms with Gasteiger partial charge in [0, 0.05) is 35.3 Å². The average Bonchev–Trinajstić information content (AvgIpc) is 3.06. The Kier molecular flexibility index (Phi) is 4.81. The van der Waals surface area contributed by atoms with Crippen LogP contribution < -0.4 is 14.8 Å². The van der Waals surface area contributed by atoms with E-state index in [-0.39, 0.29) is 5.91 Å². The van der Waals surface area contributed by atoms with E-state index in [1.807, 2.05) is 36.0 Å². The average molecular weight is 349 g/mol. The monoisotopic (exact) mass is 349 g/mol. The van der Waals surface area contributed by atoms with E-state index in [1.165, 1.54) is 14.2 Å². The Morgan fingerprint density at radius 2 is 1.92 bits per heavy atom. The molecule has 0 aliphatic rings. The number of para-hydroxylation sites is 1. The molecule has 0 spiro atoms. The van der Waals surface area contributed by atoms with Crippen molar-refractivity contribution < 1.29 is 14.3 Å². The molecule has 2 aromatic carbocycles. The maximum absolute atomic E-state index is 12.8. The molecule has 0 fully saturated rings. The van der Waals surface area contributed by atoms with Crippen molar-refractivity contribution in [3.63, 3.8) is 0 Å². The Labute approximate surface area is 151 Å². The van der Waals surface area contributed by atoms with Crippen LogP contribution in [0.15, 0.2) is 48.7 Å². The van der Waals surface area contributed by atoms with Gasteiger partial charge in [-0.3, -0.25) is 4.79 Å². The number of carbonyl (C=O) groups is 1. The number of methoxy groups -OCH3 is 2. The third kappa shape index (κ3) is 2.95. The maximum Gasteiger partial charge on any atom is 0.253 e. The Morgan fingerprint density at radius 1 is 1.15 bits per heavy atom. The molecule has 0 bridgehead atoms. The highest BCUT2D eigenvalue weighted by Crippen LogP contribution is 2.34. The number of hydrogen-bond acceptors (Lipinski definition) is 4. The van der Waals surface area contributed by atoms with E-state index in [1.54, 1.807) is 24.3 Å². The normalized spacial score (nSPS) is 11.6. The number of rotatable bonds is 5. The quantitative estimate of drug-likeness (QED) is 0.767. The van der Waals surface area contributed by atoms with Gasteiger partial charge >= 0.3 is 0 Å². The van der Waals surface area contributed by atoms with Crippen LogP contribution in [0.4, 0.5) is 0 Å². The van der Waals surface area contributed by atoms with Gasteiger partial charge in [0.25, 0.3) is 5.91 Å². The number of benzene rings is 2. The van der Waals surface area contributed by atoms with Crippen molar-refractivity contribution in [3.8, 4) is 17.6 Å². The first-order valence-electron chi connectivity index (χ1n) is 8.06. The number of aromatic nitrogens is 1. The third-order valence-electron chi connectivity index (χ3n) is 4.32. The van der Waals surface area contributed by atoms with Crippen LogP contribution in [-0.4, -0.2) is 24.7 Å². The molecule has 1 N–H and O–H groups in total. The minimum absolute atomic E-state index is 0.321. The number of amides is 1. The fourth-order valence-electron chi connectivity index (χ4n) is 3.03. The van der Waals surface area contributed by atoms with Crippen LogP contribution in [0.25, 0.3) is 10.9 Å². The molecule has 1 heterocycles. The lowest BCUT2D eigenvalue weighted by molar-refractivity contribution is 0.0946. The molecule has 0 aliphatic carbocycles. The van der Waals surface area contributed by atoms with Gasteiger partial charge in [0.05, 0.1) is 20.3 Å². The molecule has 1 unspecified atom stereocenters. The minimum Gasteiger partial charge on any atom is -0.493 e. The van der Waals surface area contributed by atoms with Crippen LogP contribution in [0.3, 0.4) is 0 Å². The summed E-state index contributed by atoms with van der Waals surface area (Å²) >= 11 is 0. The highest BCUT2D eigenvalue weighted by atomic mass is 16.5. The second kappa shape index (κ2) is 7.19. The van der Waals surface area contributed by atoms with Crippen molar-refractivity contribution in [3.05, 3.63) is 59.8 Å². The number of aryl methyl sites for hydroxylation is 1. The molecule has 3 rings (SSSR count). The number of carbonyl (C=O) groups excluding carboxylic acids is 1. The van der Waals surface area contributed by atoms with Gasteiger partial charge in [0.1, 0.15) is 6.04 Å². The first-order chi connectivity index (χ1) is 12.6. The summed E-state index contributed by atoms with van der Waals surface area (Å²) in [6.45, 7) is 0.